The van der Waals surface area contributed by atoms with E-state index in [1.165, 1.54) is 6.07 Å². The third-order valence-corrected chi connectivity index (χ3v) is 2.18. The Hall–Kier alpha value is -1.73. The highest BCUT2D eigenvalue weighted by atomic mass is 35.5. The van der Waals surface area contributed by atoms with Crippen LogP contribution in [0.15, 0.2) is 6.07 Å². The molecule has 0 saturated carbocycles. The van der Waals surface area contributed by atoms with Gasteiger partial charge in [0.2, 0.25) is 6.79 Å². The van der Waals surface area contributed by atoms with E-state index in [1.807, 2.05) is 6.07 Å². The smallest absolute Gasteiger partial charge is 0.231 e. The molecule has 0 N–H and O–H groups in total. The minimum absolute atomic E-state index is 0.00515. The van der Waals surface area contributed by atoms with Crippen LogP contribution in [0.25, 0.3) is 0 Å². The predicted molar refractivity (Wildman–Crippen MR) is 47.7 cm³/mol. The molecule has 0 unspecified atom stereocenters. The summed E-state index contributed by atoms with van der Waals surface area (Å²) in [4.78, 5) is 10.7. The molecule has 5 heteroatoms. The zero-order valence-electron chi connectivity index (χ0n) is 6.91. The van der Waals surface area contributed by atoms with Gasteiger partial charge in [0.15, 0.2) is 17.8 Å². The monoisotopic (exact) mass is 209 g/mol. The van der Waals surface area contributed by atoms with Crippen molar-refractivity contribution in [2.24, 2.45) is 0 Å². The standard InChI is InChI=1S/C9H4ClNO3/c10-7-1-5(2-11)8-9(6(7)3-12)14-4-13-8/h1,3H,4H2. The summed E-state index contributed by atoms with van der Waals surface area (Å²) < 4.78 is 10.1. The Balaban J connectivity index is 2.75. The third kappa shape index (κ3) is 1.10. The first kappa shape index (κ1) is 8.85. The molecule has 14 heavy (non-hydrogen) atoms. The molecule has 0 aromatic heterocycles. The maximum absolute atomic E-state index is 10.7. The Bertz CT molecular complexity index is 450. The molecular weight excluding hydrogens is 206 g/mol. The zero-order valence-corrected chi connectivity index (χ0v) is 7.67. The second-order valence-electron chi connectivity index (χ2n) is 2.61. The number of aldehydes is 1. The minimum Gasteiger partial charge on any atom is -0.453 e. The van der Waals surface area contributed by atoms with Gasteiger partial charge in [-0.3, -0.25) is 4.79 Å². The number of halogens is 1. The van der Waals surface area contributed by atoms with E-state index in [-0.39, 0.29) is 28.7 Å². The Morgan fingerprint density at radius 3 is 2.86 bits per heavy atom. The number of hydrogen-bond acceptors (Lipinski definition) is 4. The van der Waals surface area contributed by atoms with Crippen molar-refractivity contribution in [1.82, 2.24) is 0 Å². The van der Waals surface area contributed by atoms with Crippen LogP contribution in [0.2, 0.25) is 5.02 Å². The van der Waals surface area contributed by atoms with Crippen LogP contribution in [0.4, 0.5) is 0 Å². The lowest BCUT2D eigenvalue weighted by molar-refractivity contribution is 0.111. The third-order valence-electron chi connectivity index (χ3n) is 1.87. The van der Waals surface area contributed by atoms with Crippen LogP contribution in [0, 0.1) is 11.3 Å². The number of nitrogens with zero attached hydrogens (tertiary/aromatic N) is 1. The quantitative estimate of drug-likeness (QED) is 0.662. The van der Waals surface area contributed by atoms with Crippen molar-refractivity contribution < 1.29 is 14.3 Å². The molecule has 1 aliphatic rings. The number of nitriles is 1. The molecular formula is C9H4ClNO3. The number of rotatable bonds is 1. The fraction of sp³-hybridized carbons (Fsp3) is 0.111. The van der Waals surface area contributed by atoms with Gasteiger partial charge in [-0.1, -0.05) is 11.6 Å². The highest BCUT2D eigenvalue weighted by molar-refractivity contribution is 6.33. The van der Waals surface area contributed by atoms with Crippen molar-refractivity contribution in [1.29, 1.82) is 5.26 Å². The van der Waals surface area contributed by atoms with Crippen molar-refractivity contribution in [3.8, 4) is 17.6 Å². The van der Waals surface area contributed by atoms with Gasteiger partial charge in [-0.25, -0.2) is 0 Å². The first-order chi connectivity index (χ1) is 6.77. The van der Waals surface area contributed by atoms with Gasteiger partial charge in [-0.2, -0.15) is 5.26 Å². The first-order valence-corrected chi connectivity index (χ1v) is 4.13. The molecule has 0 radical (unpaired) electrons. The summed E-state index contributed by atoms with van der Waals surface area (Å²) in [7, 11) is 0. The molecule has 1 aromatic carbocycles. The molecule has 0 aliphatic carbocycles. The Kier molecular flexibility index (Phi) is 2.02. The molecule has 2 rings (SSSR count). The molecule has 0 saturated heterocycles. The van der Waals surface area contributed by atoms with E-state index < -0.39 is 0 Å². The summed E-state index contributed by atoms with van der Waals surface area (Å²) in [5.41, 5.74) is 0.492. The molecule has 0 bridgehead atoms. The second kappa shape index (κ2) is 3.20. The van der Waals surface area contributed by atoms with Crippen molar-refractivity contribution >= 4 is 17.9 Å². The van der Waals surface area contributed by atoms with E-state index in [0.29, 0.717) is 12.0 Å². The number of ether oxygens (including phenoxy) is 2. The Morgan fingerprint density at radius 1 is 1.50 bits per heavy atom. The molecule has 4 nitrogen and oxygen atoms in total. The van der Waals surface area contributed by atoms with E-state index >= 15 is 0 Å². The molecule has 0 spiro atoms. The van der Waals surface area contributed by atoms with E-state index in [9.17, 15) is 4.79 Å². The van der Waals surface area contributed by atoms with Crippen LogP contribution in [-0.2, 0) is 0 Å². The maximum atomic E-state index is 10.7. The lowest BCUT2D eigenvalue weighted by Crippen LogP contribution is -1.94. The number of hydrogen-bond donors (Lipinski definition) is 0. The zero-order chi connectivity index (χ0) is 10.1. The molecule has 70 valence electrons. The number of fused-ring (bicyclic) bond motifs is 1. The van der Waals surface area contributed by atoms with Crippen molar-refractivity contribution in [3.05, 3.63) is 22.2 Å². The van der Waals surface area contributed by atoms with Crippen LogP contribution in [0.1, 0.15) is 15.9 Å². The van der Waals surface area contributed by atoms with E-state index in [1.54, 1.807) is 0 Å². The van der Waals surface area contributed by atoms with Crippen molar-refractivity contribution in [2.75, 3.05) is 6.79 Å². The number of benzene rings is 1. The average molecular weight is 210 g/mol. The Morgan fingerprint density at radius 2 is 2.21 bits per heavy atom. The molecule has 0 atom stereocenters. The minimum atomic E-state index is 0.00515. The number of carbonyl (C=O) groups excluding carboxylic acids is 1. The maximum Gasteiger partial charge on any atom is 0.231 e. The van der Waals surface area contributed by atoms with E-state index in [2.05, 4.69) is 0 Å². The van der Waals surface area contributed by atoms with Gasteiger partial charge in [0.05, 0.1) is 16.1 Å². The molecule has 1 aromatic rings. The van der Waals surface area contributed by atoms with Crippen LogP contribution in [0.3, 0.4) is 0 Å². The van der Waals surface area contributed by atoms with Gasteiger partial charge in [0, 0.05) is 0 Å². The van der Waals surface area contributed by atoms with Gasteiger partial charge < -0.3 is 9.47 Å². The van der Waals surface area contributed by atoms with Crippen molar-refractivity contribution in [3.63, 3.8) is 0 Å². The molecule has 0 amide bonds. The lowest BCUT2D eigenvalue weighted by atomic mass is 10.1. The molecule has 0 fully saturated rings. The average Bonchev–Trinajstić information content (AvgIpc) is 2.65. The van der Waals surface area contributed by atoms with E-state index in [4.69, 9.17) is 26.3 Å². The topological polar surface area (TPSA) is 59.3 Å². The van der Waals surface area contributed by atoms with Gasteiger partial charge in [-0.15, -0.1) is 0 Å². The van der Waals surface area contributed by atoms with E-state index in [0.717, 1.165) is 0 Å². The summed E-state index contributed by atoms with van der Waals surface area (Å²) in [6.45, 7) is 0.00515. The fourth-order valence-electron chi connectivity index (χ4n) is 1.25. The Labute approximate surface area is 84.6 Å². The van der Waals surface area contributed by atoms with Gasteiger partial charge in [-0.05, 0) is 6.07 Å². The largest absolute Gasteiger partial charge is 0.453 e. The number of carbonyl (C=O) groups is 1. The van der Waals surface area contributed by atoms with Gasteiger partial charge in [0.1, 0.15) is 6.07 Å². The summed E-state index contributed by atoms with van der Waals surface area (Å²) in [6.07, 6.45) is 0.580. The molecule has 1 aliphatic heterocycles. The van der Waals surface area contributed by atoms with Gasteiger partial charge in [0.25, 0.3) is 0 Å². The predicted octanol–water partition coefficient (Wildman–Crippen LogP) is 1.75. The van der Waals surface area contributed by atoms with Crippen molar-refractivity contribution in [2.45, 2.75) is 0 Å². The first-order valence-electron chi connectivity index (χ1n) is 3.75. The normalized spacial score (nSPS) is 12.3. The van der Waals surface area contributed by atoms with Crippen LogP contribution in [0.5, 0.6) is 11.5 Å². The molecule has 1 heterocycles. The van der Waals surface area contributed by atoms with Crippen LogP contribution in [-0.4, -0.2) is 13.1 Å². The summed E-state index contributed by atoms with van der Waals surface area (Å²) in [5, 5.41) is 8.95. The van der Waals surface area contributed by atoms with Crippen LogP contribution >= 0.6 is 11.6 Å². The second-order valence-corrected chi connectivity index (χ2v) is 3.02. The summed E-state index contributed by atoms with van der Waals surface area (Å²) in [5.74, 6) is 0.544. The van der Waals surface area contributed by atoms with Crippen LogP contribution < -0.4 is 9.47 Å². The SMILES string of the molecule is N#Cc1cc(Cl)c(C=O)c2c1OCO2. The fourth-order valence-corrected chi connectivity index (χ4v) is 1.49. The highest BCUT2D eigenvalue weighted by Gasteiger charge is 2.24. The summed E-state index contributed by atoms with van der Waals surface area (Å²) in [6, 6.07) is 3.30. The summed E-state index contributed by atoms with van der Waals surface area (Å²) >= 11 is 5.77. The lowest BCUT2D eigenvalue weighted by Gasteiger charge is -2.02. The van der Waals surface area contributed by atoms with Gasteiger partial charge >= 0.3 is 0 Å². The highest BCUT2D eigenvalue weighted by Crippen LogP contribution is 2.41.